The van der Waals surface area contributed by atoms with Gasteiger partial charge in [-0.05, 0) is 24.6 Å². The molecule has 0 unspecified atom stereocenters. The van der Waals surface area contributed by atoms with E-state index in [0.717, 1.165) is 5.56 Å². The number of hydrogen-bond acceptors (Lipinski definition) is 4. The summed E-state index contributed by atoms with van der Waals surface area (Å²) in [6, 6.07) is 13.0. The summed E-state index contributed by atoms with van der Waals surface area (Å²) >= 11 is 0. The Morgan fingerprint density at radius 2 is 2.08 bits per heavy atom. The summed E-state index contributed by atoms with van der Waals surface area (Å²) in [6.07, 6.45) is 3.15. The average molecular weight is 325 g/mol. The predicted octanol–water partition coefficient (Wildman–Crippen LogP) is 2.16. The molecule has 0 bridgehead atoms. The fourth-order valence-electron chi connectivity index (χ4n) is 2.57. The maximum atomic E-state index is 12.0. The first kappa shape index (κ1) is 16.0. The molecule has 1 atom stereocenters. The number of amides is 2. The monoisotopic (exact) mass is 325 g/mol. The van der Waals surface area contributed by atoms with Gasteiger partial charge in [0.05, 0.1) is 0 Å². The molecule has 6 nitrogen and oxygen atoms in total. The highest BCUT2D eigenvalue weighted by molar-refractivity contribution is 5.81. The second-order valence-electron chi connectivity index (χ2n) is 5.67. The Balaban J connectivity index is 1.57. The number of carbonyl (C=O) groups excluding carboxylic acids is 2. The Morgan fingerprint density at radius 1 is 1.25 bits per heavy atom. The van der Waals surface area contributed by atoms with Gasteiger partial charge < -0.3 is 15.4 Å². The van der Waals surface area contributed by atoms with Gasteiger partial charge in [0, 0.05) is 37.2 Å². The van der Waals surface area contributed by atoms with E-state index < -0.39 is 0 Å². The van der Waals surface area contributed by atoms with Crippen LogP contribution in [-0.4, -0.2) is 22.8 Å². The Hall–Kier alpha value is -2.89. The predicted molar refractivity (Wildman–Crippen MR) is 88.4 cm³/mol. The molecule has 3 rings (SSSR count). The van der Waals surface area contributed by atoms with Crippen LogP contribution < -0.4 is 15.4 Å². The largest absolute Gasteiger partial charge is 0.439 e. The summed E-state index contributed by atoms with van der Waals surface area (Å²) in [7, 11) is 0. The molecule has 1 fully saturated rings. The number of nitrogens with one attached hydrogen (secondary N) is 2. The van der Waals surface area contributed by atoms with Crippen LogP contribution in [-0.2, 0) is 16.1 Å². The first-order chi connectivity index (χ1) is 11.7. The SMILES string of the molecule is O=C(C[C@H]1CCC(=O)N1)NCc1cccnc1Oc1ccccc1. The maximum Gasteiger partial charge on any atom is 0.224 e. The first-order valence-corrected chi connectivity index (χ1v) is 7.93. The summed E-state index contributed by atoms with van der Waals surface area (Å²) in [6.45, 7) is 0.329. The van der Waals surface area contributed by atoms with Crippen molar-refractivity contribution >= 4 is 11.8 Å². The van der Waals surface area contributed by atoms with Crippen LogP contribution >= 0.6 is 0 Å². The molecule has 6 heteroatoms. The van der Waals surface area contributed by atoms with Gasteiger partial charge in [-0.1, -0.05) is 24.3 Å². The highest BCUT2D eigenvalue weighted by atomic mass is 16.5. The number of hydrogen-bond donors (Lipinski definition) is 2. The molecule has 1 aromatic heterocycles. The lowest BCUT2D eigenvalue weighted by atomic mass is 10.1. The van der Waals surface area contributed by atoms with Crippen molar-refractivity contribution in [1.29, 1.82) is 0 Å². The summed E-state index contributed by atoms with van der Waals surface area (Å²) in [5.74, 6) is 1.07. The summed E-state index contributed by atoms with van der Waals surface area (Å²) in [5, 5.41) is 5.65. The smallest absolute Gasteiger partial charge is 0.224 e. The second-order valence-corrected chi connectivity index (χ2v) is 5.67. The molecule has 0 saturated carbocycles. The van der Waals surface area contributed by atoms with Crippen LogP contribution in [0.1, 0.15) is 24.8 Å². The minimum Gasteiger partial charge on any atom is -0.439 e. The molecule has 1 saturated heterocycles. The quantitative estimate of drug-likeness (QED) is 0.853. The minimum atomic E-state index is -0.100. The third-order valence-corrected chi connectivity index (χ3v) is 3.80. The van der Waals surface area contributed by atoms with Crippen molar-refractivity contribution in [3.05, 3.63) is 54.2 Å². The van der Waals surface area contributed by atoms with E-state index in [9.17, 15) is 9.59 Å². The Kier molecular flexibility index (Phi) is 5.05. The lowest BCUT2D eigenvalue weighted by Gasteiger charge is -2.12. The van der Waals surface area contributed by atoms with Crippen LogP contribution in [0.3, 0.4) is 0 Å². The summed E-state index contributed by atoms with van der Waals surface area (Å²) in [4.78, 5) is 27.4. The van der Waals surface area contributed by atoms with E-state index >= 15 is 0 Å². The van der Waals surface area contributed by atoms with Gasteiger partial charge in [-0.3, -0.25) is 9.59 Å². The molecule has 1 aliphatic heterocycles. The third-order valence-electron chi connectivity index (χ3n) is 3.80. The van der Waals surface area contributed by atoms with Gasteiger partial charge in [0.25, 0.3) is 0 Å². The molecule has 2 N–H and O–H groups in total. The van der Waals surface area contributed by atoms with Crippen molar-refractivity contribution in [2.24, 2.45) is 0 Å². The molecular formula is C18H19N3O3. The zero-order chi connectivity index (χ0) is 16.8. The van der Waals surface area contributed by atoms with Crippen molar-refractivity contribution in [3.63, 3.8) is 0 Å². The van der Waals surface area contributed by atoms with Gasteiger partial charge in [0.1, 0.15) is 5.75 Å². The fraction of sp³-hybridized carbons (Fsp3) is 0.278. The minimum absolute atomic E-state index is 0.0126. The van der Waals surface area contributed by atoms with Gasteiger partial charge in [0.15, 0.2) is 0 Å². The van der Waals surface area contributed by atoms with Gasteiger partial charge in [-0.2, -0.15) is 0 Å². The zero-order valence-electron chi connectivity index (χ0n) is 13.2. The van der Waals surface area contributed by atoms with Crippen LogP contribution in [0.25, 0.3) is 0 Å². The van der Waals surface area contributed by atoms with E-state index in [-0.39, 0.29) is 17.9 Å². The van der Waals surface area contributed by atoms with Gasteiger partial charge >= 0.3 is 0 Å². The number of benzene rings is 1. The van der Waals surface area contributed by atoms with Crippen molar-refractivity contribution < 1.29 is 14.3 Å². The van der Waals surface area contributed by atoms with Crippen LogP contribution in [0.15, 0.2) is 48.7 Å². The van der Waals surface area contributed by atoms with E-state index in [1.165, 1.54) is 0 Å². The molecule has 0 radical (unpaired) electrons. The van der Waals surface area contributed by atoms with E-state index in [0.29, 0.717) is 37.4 Å². The number of pyridine rings is 1. The molecule has 1 aliphatic rings. The zero-order valence-corrected chi connectivity index (χ0v) is 13.2. The highest BCUT2D eigenvalue weighted by Gasteiger charge is 2.23. The normalized spacial score (nSPS) is 16.5. The first-order valence-electron chi connectivity index (χ1n) is 7.93. The lowest BCUT2D eigenvalue weighted by molar-refractivity contribution is -0.121. The van der Waals surface area contributed by atoms with Crippen LogP contribution in [0.5, 0.6) is 11.6 Å². The van der Waals surface area contributed by atoms with E-state index in [2.05, 4.69) is 15.6 Å². The molecular weight excluding hydrogens is 306 g/mol. The second kappa shape index (κ2) is 7.59. The number of aromatic nitrogens is 1. The summed E-state index contributed by atoms with van der Waals surface area (Å²) in [5.41, 5.74) is 0.796. The highest BCUT2D eigenvalue weighted by Crippen LogP contribution is 2.22. The van der Waals surface area contributed by atoms with Crippen LogP contribution in [0.4, 0.5) is 0 Å². The van der Waals surface area contributed by atoms with Crippen molar-refractivity contribution in [2.75, 3.05) is 0 Å². The molecule has 2 amide bonds. The number of nitrogens with zero attached hydrogens (tertiary/aromatic N) is 1. The van der Waals surface area contributed by atoms with E-state index in [1.54, 1.807) is 12.3 Å². The lowest BCUT2D eigenvalue weighted by Crippen LogP contribution is -2.33. The maximum absolute atomic E-state index is 12.0. The number of ether oxygens (including phenoxy) is 1. The molecule has 1 aromatic carbocycles. The third kappa shape index (κ3) is 4.32. The molecule has 24 heavy (non-hydrogen) atoms. The molecule has 124 valence electrons. The molecule has 2 aromatic rings. The van der Waals surface area contributed by atoms with Crippen molar-refractivity contribution in [2.45, 2.75) is 31.8 Å². The van der Waals surface area contributed by atoms with Crippen molar-refractivity contribution in [1.82, 2.24) is 15.6 Å². The summed E-state index contributed by atoms with van der Waals surface area (Å²) < 4.78 is 5.77. The molecule has 0 spiro atoms. The van der Waals surface area contributed by atoms with E-state index in [4.69, 9.17) is 4.74 Å². The number of para-hydroxylation sites is 1. The topological polar surface area (TPSA) is 80.3 Å². The average Bonchev–Trinajstić information content (AvgIpc) is 3.00. The van der Waals surface area contributed by atoms with E-state index in [1.807, 2.05) is 36.4 Å². The standard InChI is InChI=1S/C18H19N3O3/c22-16-9-8-14(21-16)11-17(23)20-12-13-5-4-10-19-18(13)24-15-6-2-1-3-7-15/h1-7,10,14H,8-9,11-12H2,(H,20,23)(H,21,22)/t14-/m1/s1. The van der Waals surface area contributed by atoms with Gasteiger partial charge in [-0.25, -0.2) is 4.98 Å². The number of rotatable bonds is 6. The van der Waals surface area contributed by atoms with Gasteiger partial charge in [-0.15, -0.1) is 0 Å². The fourth-order valence-corrected chi connectivity index (χ4v) is 2.57. The van der Waals surface area contributed by atoms with Crippen LogP contribution in [0.2, 0.25) is 0 Å². The van der Waals surface area contributed by atoms with Crippen molar-refractivity contribution in [3.8, 4) is 11.6 Å². The Labute approximate surface area is 140 Å². The van der Waals surface area contributed by atoms with Gasteiger partial charge in [0.2, 0.25) is 17.7 Å². The molecule has 2 heterocycles. The Morgan fingerprint density at radius 3 is 2.83 bits per heavy atom. The molecule has 0 aliphatic carbocycles. The van der Waals surface area contributed by atoms with Crippen LogP contribution in [0, 0.1) is 0 Å². The Bertz CT molecular complexity index is 718. The number of carbonyl (C=O) groups is 2.